The summed E-state index contributed by atoms with van der Waals surface area (Å²) in [6, 6.07) is 0. The summed E-state index contributed by atoms with van der Waals surface area (Å²) in [5.41, 5.74) is -0.193. The van der Waals surface area contributed by atoms with E-state index in [1.54, 1.807) is 0 Å². The van der Waals surface area contributed by atoms with Gasteiger partial charge in [-0.2, -0.15) is 0 Å². The standard InChI is InChI=1S/C11H18O3/c1-10(2)13-7-4-9(14-10)11(8-12)5-3-6-11/h8-9H,3-7H2,1-2H3/t9-/m0/s1. The van der Waals surface area contributed by atoms with E-state index in [0.29, 0.717) is 6.61 Å². The van der Waals surface area contributed by atoms with Crippen LogP contribution >= 0.6 is 0 Å². The Kier molecular flexibility index (Phi) is 2.40. The van der Waals surface area contributed by atoms with Gasteiger partial charge in [-0.3, -0.25) is 0 Å². The second-order valence-corrected chi connectivity index (χ2v) is 4.85. The molecule has 0 radical (unpaired) electrons. The van der Waals surface area contributed by atoms with Crippen molar-refractivity contribution >= 4 is 6.29 Å². The second kappa shape index (κ2) is 3.31. The maximum absolute atomic E-state index is 11.1. The Balaban J connectivity index is 2.06. The normalized spacial score (nSPS) is 34.6. The van der Waals surface area contributed by atoms with E-state index in [9.17, 15) is 4.79 Å². The van der Waals surface area contributed by atoms with Crippen molar-refractivity contribution in [1.82, 2.24) is 0 Å². The molecule has 1 atom stereocenters. The minimum absolute atomic E-state index is 0.0671. The van der Waals surface area contributed by atoms with E-state index in [0.717, 1.165) is 32.0 Å². The smallest absolute Gasteiger partial charge is 0.163 e. The van der Waals surface area contributed by atoms with E-state index in [1.165, 1.54) is 0 Å². The predicted octanol–water partition coefficient (Wildman–Crippen LogP) is 1.90. The molecule has 1 aliphatic heterocycles. The monoisotopic (exact) mass is 198 g/mol. The molecule has 3 heteroatoms. The summed E-state index contributed by atoms with van der Waals surface area (Å²) >= 11 is 0. The third-order valence-electron chi connectivity index (χ3n) is 3.42. The van der Waals surface area contributed by atoms with Gasteiger partial charge in [0.25, 0.3) is 0 Å². The lowest BCUT2D eigenvalue weighted by molar-refractivity contribution is -0.296. The molecule has 1 saturated heterocycles. The molecule has 2 fully saturated rings. The van der Waals surface area contributed by atoms with Crippen LogP contribution in [-0.4, -0.2) is 24.8 Å². The number of carbonyl (C=O) groups is 1. The van der Waals surface area contributed by atoms with Gasteiger partial charge in [0.05, 0.1) is 18.1 Å². The first kappa shape index (κ1) is 10.1. The van der Waals surface area contributed by atoms with E-state index >= 15 is 0 Å². The van der Waals surface area contributed by atoms with Crippen LogP contribution in [0.25, 0.3) is 0 Å². The van der Waals surface area contributed by atoms with Crippen molar-refractivity contribution in [2.24, 2.45) is 5.41 Å². The largest absolute Gasteiger partial charge is 0.350 e. The minimum Gasteiger partial charge on any atom is -0.350 e. The summed E-state index contributed by atoms with van der Waals surface area (Å²) in [6.45, 7) is 4.53. The molecular formula is C11H18O3. The van der Waals surface area contributed by atoms with E-state index in [2.05, 4.69) is 0 Å². The van der Waals surface area contributed by atoms with Crippen LogP contribution in [0.15, 0.2) is 0 Å². The summed E-state index contributed by atoms with van der Waals surface area (Å²) in [5, 5.41) is 0. The van der Waals surface area contributed by atoms with Gasteiger partial charge in [-0.05, 0) is 33.1 Å². The van der Waals surface area contributed by atoms with Crippen LogP contribution in [0.5, 0.6) is 0 Å². The van der Waals surface area contributed by atoms with Gasteiger partial charge >= 0.3 is 0 Å². The first-order valence-corrected chi connectivity index (χ1v) is 5.36. The molecule has 1 aliphatic carbocycles. The number of hydrogen-bond donors (Lipinski definition) is 0. The van der Waals surface area contributed by atoms with Crippen molar-refractivity contribution in [2.45, 2.75) is 51.4 Å². The molecule has 0 spiro atoms. The molecule has 1 saturated carbocycles. The predicted molar refractivity (Wildman–Crippen MR) is 51.9 cm³/mol. The molecule has 0 unspecified atom stereocenters. The third-order valence-corrected chi connectivity index (χ3v) is 3.42. The van der Waals surface area contributed by atoms with Gasteiger partial charge in [-0.1, -0.05) is 6.42 Å². The molecule has 2 rings (SSSR count). The molecule has 0 amide bonds. The number of hydrogen-bond acceptors (Lipinski definition) is 3. The van der Waals surface area contributed by atoms with Gasteiger partial charge < -0.3 is 14.3 Å². The van der Waals surface area contributed by atoms with E-state index in [4.69, 9.17) is 9.47 Å². The molecule has 1 heterocycles. The third kappa shape index (κ3) is 1.59. The Bertz CT molecular complexity index is 231. The lowest BCUT2D eigenvalue weighted by Gasteiger charge is -2.48. The number of ether oxygens (including phenoxy) is 2. The van der Waals surface area contributed by atoms with Crippen LogP contribution < -0.4 is 0 Å². The van der Waals surface area contributed by atoms with E-state index in [-0.39, 0.29) is 11.5 Å². The Labute approximate surface area is 84.8 Å². The minimum atomic E-state index is -0.519. The van der Waals surface area contributed by atoms with Crippen molar-refractivity contribution in [2.75, 3.05) is 6.61 Å². The van der Waals surface area contributed by atoms with Crippen LogP contribution in [0.3, 0.4) is 0 Å². The van der Waals surface area contributed by atoms with Gasteiger partial charge in [-0.15, -0.1) is 0 Å². The molecule has 3 nitrogen and oxygen atoms in total. The van der Waals surface area contributed by atoms with Crippen molar-refractivity contribution in [3.8, 4) is 0 Å². The van der Waals surface area contributed by atoms with Crippen LogP contribution in [-0.2, 0) is 14.3 Å². The molecule has 0 aromatic heterocycles. The Morgan fingerprint density at radius 1 is 1.36 bits per heavy atom. The molecule has 80 valence electrons. The quantitative estimate of drug-likeness (QED) is 0.636. The average Bonchev–Trinajstić information content (AvgIpc) is 2.01. The summed E-state index contributed by atoms with van der Waals surface area (Å²) in [5.74, 6) is -0.519. The second-order valence-electron chi connectivity index (χ2n) is 4.85. The number of carbonyl (C=O) groups excluding carboxylic acids is 1. The fourth-order valence-corrected chi connectivity index (χ4v) is 2.35. The lowest BCUT2D eigenvalue weighted by atomic mass is 9.65. The summed E-state index contributed by atoms with van der Waals surface area (Å²) in [6.07, 6.45) is 5.14. The van der Waals surface area contributed by atoms with Gasteiger partial charge in [-0.25, -0.2) is 0 Å². The zero-order valence-electron chi connectivity index (χ0n) is 8.91. The number of rotatable bonds is 2. The SMILES string of the molecule is CC1(C)OCC[C@@H](C2(C=O)CCC2)O1. The van der Waals surface area contributed by atoms with E-state index in [1.807, 2.05) is 13.8 Å². The molecular weight excluding hydrogens is 180 g/mol. The summed E-state index contributed by atoms with van der Waals surface area (Å²) in [7, 11) is 0. The Hall–Kier alpha value is -0.410. The average molecular weight is 198 g/mol. The summed E-state index contributed by atoms with van der Waals surface area (Å²) < 4.78 is 11.3. The van der Waals surface area contributed by atoms with Gasteiger partial charge in [0, 0.05) is 0 Å². The van der Waals surface area contributed by atoms with Crippen LogP contribution in [0, 0.1) is 5.41 Å². The lowest BCUT2D eigenvalue weighted by Crippen LogP contribution is -2.51. The Morgan fingerprint density at radius 2 is 2.07 bits per heavy atom. The topological polar surface area (TPSA) is 35.5 Å². The maximum Gasteiger partial charge on any atom is 0.163 e. The van der Waals surface area contributed by atoms with Gasteiger partial charge in [0.1, 0.15) is 6.29 Å². The molecule has 0 aromatic carbocycles. The summed E-state index contributed by atoms with van der Waals surface area (Å²) in [4.78, 5) is 11.1. The van der Waals surface area contributed by atoms with E-state index < -0.39 is 5.79 Å². The highest BCUT2D eigenvalue weighted by Gasteiger charge is 2.48. The fraction of sp³-hybridized carbons (Fsp3) is 0.909. The highest BCUT2D eigenvalue weighted by atomic mass is 16.7. The highest BCUT2D eigenvalue weighted by Crippen LogP contribution is 2.46. The first-order valence-electron chi connectivity index (χ1n) is 5.36. The maximum atomic E-state index is 11.1. The Morgan fingerprint density at radius 3 is 2.50 bits per heavy atom. The molecule has 0 aromatic rings. The number of aldehydes is 1. The van der Waals surface area contributed by atoms with Crippen LogP contribution in [0.2, 0.25) is 0 Å². The van der Waals surface area contributed by atoms with Crippen LogP contribution in [0.1, 0.15) is 39.5 Å². The zero-order chi connectivity index (χ0) is 10.2. The van der Waals surface area contributed by atoms with Crippen molar-refractivity contribution in [3.05, 3.63) is 0 Å². The highest BCUT2D eigenvalue weighted by molar-refractivity contribution is 5.62. The molecule has 14 heavy (non-hydrogen) atoms. The molecule has 0 bridgehead atoms. The molecule has 0 N–H and O–H groups in total. The van der Waals surface area contributed by atoms with Gasteiger partial charge in [0.2, 0.25) is 0 Å². The first-order chi connectivity index (χ1) is 6.58. The van der Waals surface area contributed by atoms with Crippen molar-refractivity contribution in [3.63, 3.8) is 0 Å². The molecule has 2 aliphatic rings. The fourth-order valence-electron chi connectivity index (χ4n) is 2.35. The van der Waals surface area contributed by atoms with Crippen molar-refractivity contribution in [1.29, 1.82) is 0 Å². The zero-order valence-corrected chi connectivity index (χ0v) is 8.91. The van der Waals surface area contributed by atoms with Gasteiger partial charge in [0.15, 0.2) is 5.79 Å². The van der Waals surface area contributed by atoms with Crippen LogP contribution in [0.4, 0.5) is 0 Å². The van der Waals surface area contributed by atoms with Crippen molar-refractivity contribution < 1.29 is 14.3 Å².